The van der Waals surface area contributed by atoms with Gasteiger partial charge in [-0.3, -0.25) is 9.59 Å². The number of carbonyl (C=O) groups excluding carboxylic acids is 2. The first kappa shape index (κ1) is 8.33. The Morgan fingerprint density at radius 3 is 3.00 bits per heavy atom. The molecule has 1 rings (SSSR count). The van der Waals surface area contributed by atoms with Gasteiger partial charge in [-0.15, -0.1) is 11.8 Å². The predicted molar refractivity (Wildman–Crippen MR) is 44.0 cm³/mol. The summed E-state index contributed by atoms with van der Waals surface area (Å²) in [4.78, 5) is 21.6. The highest BCUT2D eigenvalue weighted by Gasteiger charge is 2.14. The van der Waals surface area contributed by atoms with Gasteiger partial charge in [0.05, 0.1) is 4.91 Å². The number of allylic oxidation sites excluding steroid dienone is 2. The third kappa shape index (κ3) is 2.08. The number of thioether (sulfide) groups is 1. The summed E-state index contributed by atoms with van der Waals surface area (Å²) < 4.78 is 0. The largest absolute Gasteiger partial charge is 0.329 e. The lowest BCUT2D eigenvalue weighted by molar-refractivity contribution is -0.118. The van der Waals surface area contributed by atoms with E-state index >= 15 is 0 Å². The normalized spacial score (nSPS) is 16.8. The van der Waals surface area contributed by atoms with E-state index in [-0.39, 0.29) is 5.91 Å². The Bertz CT molecular complexity index is 222. The number of nitrogens with one attached hydrogen (secondary N) is 1. The summed E-state index contributed by atoms with van der Waals surface area (Å²) in [5, 5.41) is 2.63. The van der Waals surface area contributed by atoms with Crippen LogP contribution in [0.15, 0.2) is 10.6 Å². The van der Waals surface area contributed by atoms with Crippen LogP contribution in [0, 0.1) is 0 Å². The van der Waals surface area contributed by atoms with Gasteiger partial charge in [0, 0.05) is 18.4 Å². The van der Waals surface area contributed by atoms with Crippen molar-refractivity contribution in [3.63, 3.8) is 0 Å². The van der Waals surface area contributed by atoms with Crippen molar-refractivity contribution < 1.29 is 9.59 Å². The lowest BCUT2D eigenvalue weighted by Crippen LogP contribution is -2.19. The molecular weight excluding hydrogens is 162 g/mol. The first-order valence-electron chi connectivity index (χ1n) is 3.32. The molecule has 1 aliphatic rings. The van der Waals surface area contributed by atoms with E-state index in [1.165, 1.54) is 18.7 Å². The van der Waals surface area contributed by atoms with Crippen molar-refractivity contribution >= 4 is 24.0 Å². The molecule has 0 fully saturated rings. The zero-order chi connectivity index (χ0) is 8.27. The minimum Gasteiger partial charge on any atom is -0.329 e. The van der Waals surface area contributed by atoms with E-state index in [0.717, 1.165) is 24.2 Å². The maximum absolute atomic E-state index is 10.6. The molecule has 0 aromatic heterocycles. The Morgan fingerprint density at radius 2 is 2.45 bits per heavy atom. The number of rotatable bonds is 2. The van der Waals surface area contributed by atoms with Crippen molar-refractivity contribution in [1.82, 2.24) is 5.32 Å². The molecule has 1 aliphatic heterocycles. The SMILES string of the molecule is CC(=O)NC1=C(C=O)SCC1. The zero-order valence-corrected chi connectivity index (χ0v) is 7.03. The second-order valence-corrected chi connectivity index (χ2v) is 3.38. The van der Waals surface area contributed by atoms with E-state index in [1.54, 1.807) is 0 Å². The average Bonchev–Trinajstić information content (AvgIpc) is 2.34. The van der Waals surface area contributed by atoms with E-state index in [2.05, 4.69) is 5.32 Å². The van der Waals surface area contributed by atoms with Gasteiger partial charge < -0.3 is 5.32 Å². The summed E-state index contributed by atoms with van der Waals surface area (Å²) in [6, 6.07) is 0. The van der Waals surface area contributed by atoms with Crippen molar-refractivity contribution in [1.29, 1.82) is 0 Å². The van der Waals surface area contributed by atoms with Gasteiger partial charge in [-0.1, -0.05) is 0 Å². The summed E-state index contributed by atoms with van der Waals surface area (Å²) >= 11 is 1.49. The second kappa shape index (κ2) is 3.57. The van der Waals surface area contributed by atoms with E-state index in [1.807, 2.05) is 0 Å². The fourth-order valence-corrected chi connectivity index (χ4v) is 1.84. The molecule has 1 heterocycles. The molecule has 0 radical (unpaired) electrons. The van der Waals surface area contributed by atoms with Crippen molar-refractivity contribution in [2.24, 2.45) is 0 Å². The van der Waals surface area contributed by atoms with Crippen LogP contribution in [0.5, 0.6) is 0 Å². The second-order valence-electron chi connectivity index (χ2n) is 2.24. The lowest BCUT2D eigenvalue weighted by Gasteiger charge is -2.00. The molecule has 4 heteroatoms. The van der Waals surface area contributed by atoms with Crippen molar-refractivity contribution in [3.8, 4) is 0 Å². The fraction of sp³-hybridized carbons (Fsp3) is 0.429. The molecule has 0 aliphatic carbocycles. The molecule has 0 saturated heterocycles. The van der Waals surface area contributed by atoms with Crippen LogP contribution < -0.4 is 5.32 Å². The molecule has 1 amide bonds. The lowest BCUT2D eigenvalue weighted by atomic mass is 10.3. The Balaban J connectivity index is 2.67. The number of hydrogen-bond acceptors (Lipinski definition) is 3. The molecular formula is C7H9NO2S. The molecule has 0 saturated carbocycles. The van der Waals surface area contributed by atoms with Gasteiger partial charge in [0.2, 0.25) is 5.91 Å². The number of aldehydes is 1. The first-order valence-corrected chi connectivity index (χ1v) is 4.31. The van der Waals surface area contributed by atoms with Gasteiger partial charge in [-0.25, -0.2) is 0 Å². The van der Waals surface area contributed by atoms with E-state index in [0.29, 0.717) is 4.91 Å². The summed E-state index contributed by atoms with van der Waals surface area (Å²) in [5.74, 6) is 0.783. The zero-order valence-electron chi connectivity index (χ0n) is 6.22. The summed E-state index contributed by atoms with van der Waals surface area (Å²) in [6.07, 6.45) is 1.58. The molecule has 0 atom stereocenters. The van der Waals surface area contributed by atoms with Crippen molar-refractivity contribution in [2.75, 3.05) is 5.75 Å². The Hall–Kier alpha value is -0.770. The summed E-state index contributed by atoms with van der Waals surface area (Å²) in [5.41, 5.74) is 0.775. The Labute approximate surface area is 69.2 Å². The minimum absolute atomic E-state index is 0.109. The maximum atomic E-state index is 10.6. The topological polar surface area (TPSA) is 46.2 Å². The third-order valence-corrected chi connectivity index (χ3v) is 2.40. The van der Waals surface area contributed by atoms with Crippen LogP contribution in [0.4, 0.5) is 0 Å². The van der Waals surface area contributed by atoms with Crippen LogP contribution in [0.3, 0.4) is 0 Å². The van der Waals surface area contributed by atoms with Crippen molar-refractivity contribution in [2.45, 2.75) is 13.3 Å². The van der Waals surface area contributed by atoms with Crippen molar-refractivity contribution in [3.05, 3.63) is 10.6 Å². The molecule has 60 valence electrons. The molecule has 0 spiro atoms. The Kier molecular flexibility index (Phi) is 2.70. The highest BCUT2D eigenvalue weighted by Crippen LogP contribution is 2.27. The highest BCUT2D eigenvalue weighted by atomic mass is 32.2. The Morgan fingerprint density at radius 1 is 1.73 bits per heavy atom. The molecule has 0 unspecified atom stereocenters. The van der Waals surface area contributed by atoms with E-state index < -0.39 is 0 Å². The summed E-state index contributed by atoms with van der Waals surface area (Å²) in [6.45, 7) is 1.44. The molecule has 1 N–H and O–H groups in total. The van der Waals surface area contributed by atoms with Crippen LogP contribution in [0.25, 0.3) is 0 Å². The number of hydrogen-bond donors (Lipinski definition) is 1. The average molecular weight is 171 g/mol. The van der Waals surface area contributed by atoms with E-state index in [9.17, 15) is 9.59 Å². The van der Waals surface area contributed by atoms with Gasteiger partial charge in [0.15, 0.2) is 6.29 Å². The minimum atomic E-state index is -0.109. The summed E-state index contributed by atoms with van der Waals surface area (Å²) in [7, 11) is 0. The van der Waals surface area contributed by atoms with E-state index in [4.69, 9.17) is 0 Å². The highest BCUT2D eigenvalue weighted by molar-refractivity contribution is 8.04. The molecule has 0 aromatic carbocycles. The number of carbonyl (C=O) groups is 2. The first-order chi connectivity index (χ1) is 5.24. The molecule has 0 bridgehead atoms. The number of amides is 1. The molecule has 3 nitrogen and oxygen atoms in total. The monoisotopic (exact) mass is 171 g/mol. The maximum Gasteiger partial charge on any atom is 0.221 e. The van der Waals surface area contributed by atoms with Crippen LogP contribution >= 0.6 is 11.8 Å². The van der Waals surface area contributed by atoms with Gasteiger partial charge in [0.25, 0.3) is 0 Å². The van der Waals surface area contributed by atoms with Crippen LogP contribution in [0.1, 0.15) is 13.3 Å². The van der Waals surface area contributed by atoms with Crippen LogP contribution in [-0.4, -0.2) is 17.9 Å². The van der Waals surface area contributed by atoms with Crippen LogP contribution in [0.2, 0.25) is 0 Å². The van der Waals surface area contributed by atoms with Gasteiger partial charge in [0.1, 0.15) is 0 Å². The molecule has 0 aromatic rings. The predicted octanol–water partition coefficient (Wildman–Crippen LogP) is 0.670. The quantitative estimate of drug-likeness (QED) is 0.621. The van der Waals surface area contributed by atoms with Gasteiger partial charge in [-0.2, -0.15) is 0 Å². The third-order valence-electron chi connectivity index (χ3n) is 1.34. The smallest absolute Gasteiger partial charge is 0.221 e. The van der Waals surface area contributed by atoms with Gasteiger partial charge >= 0.3 is 0 Å². The van der Waals surface area contributed by atoms with Crippen LogP contribution in [-0.2, 0) is 9.59 Å². The standard InChI is InChI=1S/C7H9NO2S/c1-5(10)8-6-2-3-11-7(6)4-9/h4H,2-3H2,1H3,(H,8,10). The van der Waals surface area contributed by atoms with Gasteiger partial charge in [-0.05, 0) is 6.42 Å². The molecule has 11 heavy (non-hydrogen) atoms. The fourth-order valence-electron chi connectivity index (χ4n) is 0.915.